The Kier molecular flexibility index (Phi) is 3.87. The summed E-state index contributed by atoms with van der Waals surface area (Å²) in [6, 6.07) is 5.79. The van der Waals surface area contributed by atoms with Crippen molar-refractivity contribution in [2.45, 2.75) is 18.7 Å². The van der Waals surface area contributed by atoms with E-state index in [1.165, 1.54) is 0 Å². The molecule has 1 saturated heterocycles. The van der Waals surface area contributed by atoms with E-state index in [4.69, 9.17) is 4.74 Å². The molecule has 1 fully saturated rings. The lowest BCUT2D eigenvalue weighted by Gasteiger charge is -2.25. The molecule has 0 amide bonds. The van der Waals surface area contributed by atoms with E-state index < -0.39 is 15.3 Å². The molecule has 4 nitrogen and oxygen atoms in total. The maximum absolute atomic E-state index is 11.8. The average molecular weight is 320 g/mol. The lowest BCUT2D eigenvalue weighted by atomic mass is 10.1. The third kappa shape index (κ3) is 2.88. The number of benzene rings is 1. The van der Waals surface area contributed by atoms with Crippen LogP contribution in [0.25, 0.3) is 0 Å². The molecule has 0 aromatic heterocycles. The Morgan fingerprint density at radius 1 is 1.47 bits per heavy atom. The molecule has 1 aliphatic heterocycles. The van der Waals surface area contributed by atoms with Crippen LogP contribution < -0.4 is 4.72 Å². The highest BCUT2D eigenvalue weighted by Gasteiger charge is 2.32. The van der Waals surface area contributed by atoms with Gasteiger partial charge in [-0.25, -0.2) is 13.1 Å². The monoisotopic (exact) mass is 319 g/mol. The third-order valence-electron chi connectivity index (χ3n) is 2.78. The minimum absolute atomic E-state index is 0.296. The molecule has 0 aliphatic carbocycles. The fraction of sp³-hybridized carbons (Fsp3) is 0.455. The molecule has 6 heteroatoms. The van der Waals surface area contributed by atoms with Gasteiger partial charge in [0.25, 0.3) is 0 Å². The summed E-state index contributed by atoms with van der Waals surface area (Å²) in [6.45, 7) is 2.87. The fourth-order valence-corrected chi connectivity index (χ4v) is 3.08. The standard InChI is InChI=1S/C11H14BrNO3S/c1-8-3-2-4-9(11(8)12)5-13-17(14,15)10-6-16-7-10/h2-4,10,13H,5-7H2,1H3. The van der Waals surface area contributed by atoms with Gasteiger partial charge >= 0.3 is 0 Å². The predicted molar refractivity (Wildman–Crippen MR) is 69.2 cm³/mol. The quantitative estimate of drug-likeness (QED) is 0.916. The number of hydrogen-bond donors (Lipinski definition) is 1. The van der Waals surface area contributed by atoms with Gasteiger partial charge in [-0.2, -0.15) is 0 Å². The number of rotatable bonds is 4. The summed E-state index contributed by atoms with van der Waals surface area (Å²) in [5.41, 5.74) is 2.03. The Morgan fingerprint density at radius 2 is 2.18 bits per heavy atom. The van der Waals surface area contributed by atoms with Crippen molar-refractivity contribution in [3.63, 3.8) is 0 Å². The molecule has 1 aromatic carbocycles. The molecule has 0 spiro atoms. The Hall–Kier alpha value is -0.430. The zero-order valence-electron chi connectivity index (χ0n) is 9.44. The van der Waals surface area contributed by atoms with Crippen molar-refractivity contribution < 1.29 is 13.2 Å². The number of halogens is 1. The minimum atomic E-state index is -3.25. The molecule has 2 rings (SSSR count). The molecular weight excluding hydrogens is 306 g/mol. The van der Waals surface area contributed by atoms with Gasteiger partial charge < -0.3 is 4.74 Å². The molecule has 1 aliphatic rings. The third-order valence-corrected chi connectivity index (χ3v) is 5.61. The summed E-state index contributed by atoms with van der Waals surface area (Å²) in [4.78, 5) is 0. The summed E-state index contributed by atoms with van der Waals surface area (Å²) in [6.07, 6.45) is 0. The molecular formula is C11H14BrNO3S. The van der Waals surface area contributed by atoms with Crippen LogP contribution in [0.2, 0.25) is 0 Å². The van der Waals surface area contributed by atoms with Crippen LogP contribution in [-0.4, -0.2) is 26.9 Å². The normalized spacial score (nSPS) is 16.8. The smallest absolute Gasteiger partial charge is 0.219 e. The van der Waals surface area contributed by atoms with Gasteiger partial charge in [-0.15, -0.1) is 0 Å². The second-order valence-corrected chi connectivity index (χ2v) is 6.91. The summed E-state index contributed by atoms with van der Waals surface area (Å²) in [5.74, 6) is 0. The highest BCUT2D eigenvalue weighted by atomic mass is 79.9. The molecule has 0 atom stereocenters. The van der Waals surface area contributed by atoms with E-state index in [9.17, 15) is 8.42 Å². The van der Waals surface area contributed by atoms with Crippen molar-refractivity contribution in [2.75, 3.05) is 13.2 Å². The lowest BCUT2D eigenvalue weighted by molar-refractivity contribution is 0.0411. The van der Waals surface area contributed by atoms with Gasteiger partial charge in [-0.05, 0) is 18.1 Å². The van der Waals surface area contributed by atoms with Crippen LogP contribution in [0, 0.1) is 6.92 Å². The summed E-state index contributed by atoms with van der Waals surface area (Å²) >= 11 is 3.46. The molecule has 0 saturated carbocycles. The second kappa shape index (κ2) is 5.06. The van der Waals surface area contributed by atoms with Gasteiger partial charge in [0, 0.05) is 11.0 Å². The van der Waals surface area contributed by atoms with Crippen LogP contribution in [0.15, 0.2) is 22.7 Å². The van der Waals surface area contributed by atoms with Crippen LogP contribution in [-0.2, 0) is 21.3 Å². The first-order chi connectivity index (χ1) is 8.00. The summed E-state index contributed by atoms with van der Waals surface area (Å²) in [7, 11) is -3.25. The van der Waals surface area contributed by atoms with Gasteiger partial charge in [-0.1, -0.05) is 34.1 Å². The first-order valence-corrected chi connectivity index (χ1v) is 7.65. The Morgan fingerprint density at radius 3 is 2.76 bits per heavy atom. The van der Waals surface area contributed by atoms with E-state index in [1.807, 2.05) is 25.1 Å². The maximum atomic E-state index is 11.8. The van der Waals surface area contributed by atoms with E-state index in [0.717, 1.165) is 15.6 Å². The number of sulfonamides is 1. The number of ether oxygens (including phenoxy) is 1. The Balaban J connectivity index is 2.05. The van der Waals surface area contributed by atoms with Crippen LogP contribution in [0.5, 0.6) is 0 Å². The summed E-state index contributed by atoms with van der Waals surface area (Å²) < 4.78 is 32.0. The van der Waals surface area contributed by atoms with Crippen molar-refractivity contribution in [2.24, 2.45) is 0 Å². The molecule has 0 unspecified atom stereocenters. The fourth-order valence-electron chi connectivity index (χ4n) is 1.53. The van der Waals surface area contributed by atoms with Gasteiger partial charge in [0.2, 0.25) is 10.0 Å². The largest absolute Gasteiger partial charge is 0.378 e. The van der Waals surface area contributed by atoms with Crippen molar-refractivity contribution in [1.29, 1.82) is 0 Å². The highest BCUT2D eigenvalue weighted by Crippen LogP contribution is 2.21. The van der Waals surface area contributed by atoms with Crippen molar-refractivity contribution in [3.8, 4) is 0 Å². The van der Waals surface area contributed by atoms with Crippen LogP contribution in [0.3, 0.4) is 0 Å². The summed E-state index contributed by atoms with van der Waals surface area (Å²) in [5, 5.41) is -0.397. The molecule has 1 N–H and O–H groups in total. The van der Waals surface area contributed by atoms with E-state index in [2.05, 4.69) is 20.7 Å². The van der Waals surface area contributed by atoms with Gasteiger partial charge in [0.05, 0.1) is 13.2 Å². The predicted octanol–water partition coefficient (Wildman–Crippen LogP) is 1.58. The first kappa shape index (κ1) is 13.0. The molecule has 1 aromatic rings. The number of hydrogen-bond acceptors (Lipinski definition) is 3. The molecule has 0 bridgehead atoms. The van der Waals surface area contributed by atoms with Gasteiger partial charge in [0.15, 0.2) is 0 Å². The van der Waals surface area contributed by atoms with E-state index in [-0.39, 0.29) is 0 Å². The average Bonchev–Trinajstić information content (AvgIpc) is 2.17. The van der Waals surface area contributed by atoms with Crippen molar-refractivity contribution in [1.82, 2.24) is 4.72 Å². The molecule has 1 heterocycles. The Bertz CT molecular complexity index is 511. The SMILES string of the molecule is Cc1cccc(CNS(=O)(=O)C2COC2)c1Br. The van der Waals surface area contributed by atoms with Crippen LogP contribution >= 0.6 is 15.9 Å². The van der Waals surface area contributed by atoms with E-state index in [0.29, 0.717) is 19.8 Å². The molecule has 17 heavy (non-hydrogen) atoms. The second-order valence-electron chi connectivity index (χ2n) is 4.07. The van der Waals surface area contributed by atoms with Crippen molar-refractivity contribution >= 4 is 26.0 Å². The molecule has 94 valence electrons. The zero-order chi connectivity index (χ0) is 12.5. The van der Waals surface area contributed by atoms with E-state index in [1.54, 1.807) is 0 Å². The Labute approximate surface area is 110 Å². The highest BCUT2D eigenvalue weighted by molar-refractivity contribution is 9.10. The maximum Gasteiger partial charge on any atom is 0.219 e. The van der Waals surface area contributed by atoms with Crippen LogP contribution in [0.4, 0.5) is 0 Å². The lowest BCUT2D eigenvalue weighted by Crippen LogP contribution is -2.46. The van der Waals surface area contributed by atoms with Gasteiger partial charge in [0.1, 0.15) is 5.25 Å². The first-order valence-electron chi connectivity index (χ1n) is 5.31. The van der Waals surface area contributed by atoms with Gasteiger partial charge in [-0.3, -0.25) is 0 Å². The topological polar surface area (TPSA) is 55.4 Å². The molecule has 0 radical (unpaired) electrons. The van der Waals surface area contributed by atoms with Crippen molar-refractivity contribution in [3.05, 3.63) is 33.8 Å². The number of nitrogens with one attached hydrogen (secondary N) is 1. The minimum Gasteiger partial charge on any atom is -0.378 e. The van der Waals surface area contributed by atoms with Crippen LogP contribution in [0.1, 0.15) is 11.1 Å². The number of aryl methyl sites for hydroxylation is 1. The van der Waals surface area contributed by atoms with E-state index >= 15 is 0 Å². The zero-order valence-corrected chi connectivity index (χ0v) is 11.8.